The highest BCUT2D eigenvalue weighted by Gasteiger charge is 2.31. The van der Waals surface area contributed by atoms with Gasteiger partial charge in [-0.1, -0.05) is 232 Å². The molecule has 1 saturated carbocycles. The van der Waals surface area contributed by atoms with Crippen LogP contribution in [0.3, 0.4) is 0 Å². The van der Waals surface area contributed by atoms with E-state index in [9.17, 15) is 9.59 Å². The van der Waals surface area contributed by atoms with E-state index in [1.807, 2.05) is 0 Å². The van der Waals surface area contributed by atoms with Gasteiger partial charge in [-0.25, -0.2) is 0 Å². The van der Waals surface area contributed by atoms with Crippen LogP contribution in [-0.4, -0.2) is 25.2 Å². The molecule has 0 bridgehead atoms. The number of esters is 2. The maximum absolute atomic E-state index is 12.6. The van der Waals surface area contributed by atoms with Crippen molar-refractivity contribution in [2.45, 2.75) is 271 Å². The predicted octanol–water partition coefficient (Wildman–Crippen LogP) is 16.0. The van der Waals surface area contributed by atoms with E-state index in [4.69, 9.17) is 9.47 Å². The van der Waals surface area contributed by atoms with Gasteiger partial charge < -0.3 is 9.47 Å². The normalized spacial score (nSPS) is 16.0. The second-order valence-corrected chi connectivity index (χ2v) is 16.9. The first-order valence-corrected chi connectivity index (χ1v) is 24.0. The number of carbonyl (C=O) groups is 2. The molecule has 0 aromatic heterocycles. The molecule has 0 aromatic carbocycles. The predicted molar refractivity (Wildman–Crippen MR) is 225 cm³/mol. The number of unbranched alkanes of at least 4 members (excludes halogenated alkanes) is 34. The summed E-state index contributed by atoms with van der Waals surface area (Å²) < 4.78 is 11.2. The minimum absolute atomic E-state index is 0.0329. The molecule has 0 heterocycles. The molecule has 4 nitrogen and oxygen atoms in total. The fourth-order valence-corrected chi connectivity index (χ4v) is 8.15. The second kappa shape index (κ2) is 39.6. The van der Waals surface area contributed by atoms with Crippen LogP contribution < -0.4 is 0 Å². The first-order chi connectivity index (χ1) is 25.7. The second-order valence-electron chi connectivity index (χ2n) is 16.9. The zero-order chi connectivity index (χ0) is 37.4. The van der Waals surface area contributed by atoms with Crippen LogP contribution >= 0.6 is 0 Å². The van der Waals surface area contributed by atoms with Gasteiger partial charge in [-0.05, 0) is 38.5 Å². The fraction of sp³-hybridized carbons (Fsp3) is 0.958. The highest BCUT2D eigenvalue weighted by molar-refractivity contribution is 5.75. The van der Waals surface area contributed by atoms with Crippen molar-refractivity contribution >= 4 is 11.9 Å². The molecule has 308 valence electrons. The summed E-state index contributed by atoms with van der Waals surface area (Å²) in [4.78, 5) is 25.2. The quantitative estimate of drug-likeness (QED) is 0.0465. The Balaban J connectivity index is 1.81. The molecule has 0 aliphatic heterocycles. The van der Waals surface area contributed by atoms with Crippen molar-refractivity contribution in [1.29, 1.82) is 0 Å². The number of hydrogen-bond donors (Lipinski definition) is 0. The number of carbonyl (C=O) groups excluding carboxylic acids is 2. The van der Waals surface area contributed by atoms with Crippen LogP contribution in [0.4, 0.5) is 0 Å². The molecule has 0 saturated heterocycles. The summed E-state index contributed by atoms with van der Waals surface area (Å²) in [5.41, 5.74) is 0. The van der Waals surface area contributed by atoms with E-state index in [1.54, 1.807) is 0 Å². The highest BCUT2D eigenvalue weighted by atomic mass is 16.5. The first kappa shape index (κ1) is 49.0. The molecule has 0 unspecified atom stereocenters. The topological polar surface area (TPSA) is 52.6 Å². The van der Waals surface area contributed by atoms with Gasteiger partial charge in [0.25, 0.3) is 0 Å². The van der Waals surface area contributed by atoms with E-state index in [0.717, 1.165) is 51.4 Å². The van der Waals surface area contributed by atoms with Crippen molar-refractivity contribution in [3.05, 3.63) is 0 Å². The molecular weight excluding hydrogens is 641 g/mol. The largest absolute Gasteiger partial charge is 0.465 e. The van der Waals surface area contributed by atoms with Crippen LogP contribution in [0.5, 0.6) is 0 Å². The smallest absolute Gasteiger partial charge is 0.308 e. The maximum atomic E-state index is 12.6. The van der Waals surface area contributed by atoms with E-state index in [-0.39, 0.29) is 23.8 Å². The molecule has 1 aliphatic rings. The number of ether oxygens (including phenoxy) is 2. The molecule has 1 fully saturated rings. The molecule has 52 heavy (non-hydrogen) atoms. The molecule has 4 heteroatoms. The van der Waals surface area contributed by atoms with Crippen molar-refractivity contribution in [2.75, 3.05) is 13.2 Å². The lowest BCUT2D eigenvalue weighted by molar-refractivity contribution is -0.155. The Hall–Kier alpha value is -1.06. The summed E-state index contributed by atoms with van der Waals surface area (Å²) in [7, 11) is 0. The minimum Gasteiger partial charge on any atom is -0.465 e. The van der Waals surface area contributed by atoms with Gasteiger partial charge in [0.15, 0.2) is 0 Å². The van der Waals surface area contributed by atoms with E-state index in [1.165, 1.54) is 205 Å². The van der Waals surface area contributed by atoms with E-state index in [0.29, 0.717) is 13.2 Å². The first-order valence-electron chi connectivity index (χ1n) is 24.0. The van der Waals surface area contributed by atoms with Crippen molar-refractivity contribution < 1.29 is 19.1 Å². The highest BCUT2D eigenvalue weighted by Crippen LogP contribution is 2.30. The summed E-state index contributed by atoms with van der Waals surface area (Å²) >= 11 is 0. The summed E-state index contributed by atoms with van der Waals surface area (Å²) in [5, 5.41) is 0. The standard InChI is InChI=1S/C48H92O4/c1-3-5-7-9-11-13-15-17-19-21-23-25-27-29-31-33-35-37-43-51-47(49)45-39-41-46(42-40-45)48(50)52-44-38-36-34-32-30-28-26-24-22-20-18-16-14-12-10-8-6-4-2/h45-46H,3-44H2,1-2H3. The summed E-state index contributed by atoms with van der Waals surface area (Å²) in [5.74, 6) is -0.154. The summed E-state index contributed by atoms with van der Waals surface area (Å²) in [6.45, 7) is 5.69. The third kappa shape index (κ3) is 32.4. The van der Waals surface area contributed by atoms with Crippen molar-refractivity contribution in [3.63, 3.8) is 0 Å². The molecule has 1 aliphatic carbocycles. The molecule has 1 rings (SSSR count). The van der Waals surface area contributed by atoms with E-state index < -0.39 is 0 Å². The lowest BCUT2D eigenvalue weighted by Crippen LogP contribution is -2.28. The molecular formula is C48H92O4. The van der Waals surface area contributed by atoms with Gasteiger partial charge in [0.1, 0.15) is 0 Å². The van der Waals surface area contributed by atoms with Gasteiger partial charge in [-0.2, -0.15) is 0 Å². The van der Waals surface area contributed by atoms with Gasteiger partial charge in [-0.15, -0.1) is 0 Å². The third-order valence-corrected chi connectivity index (χ3v) is 11.9. The molecule has 0 aromatic rings. The van der Waals surface area contributed by atoms with Crippen molar-refractivity contribution in [1.82, 2.24) is 0 Å². The average Bonchev–Trinajstić information content (AvgIpc) is 3.16. The zero-order valence-electron chi connectivity index (χ0n) is 35.5. The van der Waals surface area contributed by atoms with Gasteiger partial charge >= 0.3 is 11.9 Å². The Morgan fingerprint density at radius 2 is 0.481 bits per heavy atom. The van der Waals surface area contributed by atoms with Crippen LogP contribution in [0.25, 0.3) is 0 Å². The van der Waals surface area contributed by atoms with E-state index >= 15 is 0 Å². The Morgan fingerprint density at radius 1 is 0.308 bits per heavy atom. The van der Waals surface area contributed by atoms with Crippen molar-refractivity contribution in [2.24, 2.45) is 11.8 Å². The van der Waals surface area contributed by atoms with Gasteiger partial charge in [0.05, 0.1) is 25.0 Å². The zero-order valence-corrected chi connectivity index (χ0v) is 35.5. The number of hydrogen-bond acceptors (Lipinski definition) is 4. The molecule has 0 radical (unpaired) electrons. The minimum atomic E-state index is -0.0439. The van der Waals surface area contributed by atoms with Crippen molar-refractivity contribution in [3.8, 4) is 0 Å². The summed E-state index contributed by atoms with van der Waals surface area (Å²) in [6, 6.07) is 0. The SMILES string of the molecule is CCCCCCCCCCCCCCCCCCCCOC(=O)C1CCC(C(=O)OCCCCCCCCCCCCCCCCCCCC)CC1. The van der Waals surface area contributed by atoms with E-state index in [2.05, 4.69) is 13.8 Å². The maximum Gasteiger partial charge on any atom is 0.308 e. The van der Waals surface area contributed by atoms with Crippen LogP contribution in [0.15, 0.2) is 0 Å². The lowest BCUT2D eigenvalue weighted by atomic mass is 9.82. The molecule has 0 atom stereocenters. The Bertz CT molecular complexity index is 681. The Morgan fingerprint density at radius 3 is 0.673 bits per heavy atom. The van der Waals surface area contributed by atoms with Gasteiger partial charge in [-0.3, -0.25) is 9.59 Å². The Kier molecular flexibility index (Phi) is 37.3. The number of rotatable bonds is 40. The third-order valence-electron chi connectivity index (χ3n) is 11.9. The average molecular weight is 733 g/mol. The van der Waals surface area contributed by atoms with Crippen LogP contribution in [0, 0.1) is 11.8 Å². The van der Waals surface area contributed by atoms with Gasteiger partial charge in [0.2, 0.25) is 0 Å². The van der Waals surface area contributed by atoms with Crippen LogP contribution in [-0.2, 0) is 19.1 Å². The van der Waals surface area contributed by atoms with Crippen LogP contribution in [0.2, 0.25) is 0 Å². The monoisotopic (exact) mass is 733 g/mol. The Labute approximate surface area is 325 Å². The molecule has 0 spiro atoms. The molecule has 0 amide bonds. The van der Waals surface area contributed by atoms with Crippen LogP contribution in [0.1, 0.15) is 271 Å². The summed E-state index contributed by atoms with van der Waals surface area (Å²) in [6.07, 6.45) is 52.1. The molecule has 0 N–H and O–H groups in total. The van der Waals surface area contributed by atoms with Gasteiger partial charge in [0, 0.05) is 0 Å². The lowest BCUT2D eigenvalue weighted by Gasteiger charge is -2.26. The fourth-order valence-electron chi connectivity index (χ4n) is 8.15.